The number of hydrogen-bond acceptors (Lipinski definition) is 3. The molecule has 1 aromatic rings. The largest absolute Gasteiger partial charge is 0.335 e. The number of nitrogens with one attached hydrogen (secondary N) is 1. The Hall–Kier alpha value is -1.88. The molecule has 1 aliphatic carbocycles. The molecule has 0 bridgehead atoms. The molecule has 0 aliphatic heterocycles. The number of carbonyl (C=O) groups is 2. The molecule has 0 spiro atoms. The summed E-state index contributed by atoms with van der Waals surface area (Å²) in [5.74, 6) is -0.369. The average molecular weight is 261 g/mol. The van der Waals surface area contributed by atoms with Crippen LogP contribution in [-0.2, 0) is 9.59 Å². The van der Waals surface area contributed by atoms with Gasteiger partial charge in [0.1, 0.15) is 0 Å². The predicted octanol–water partition coefficient (Wildman–Crippen LogP) is 0.965. The lowest BCUT2D eigenvalue weighted by Gasteiger charge is -2.39. The first kappa shape index (κ1) is 13.5. The summed E-state index contributed by atoms with van der Waals surface area (Å²) in [6.07, 6.45) is 2.39. The van der Waals surface area contributed by atoms with E-state index in [9.17, 15) is 9.59 Å². The Labute approximate surface area is 112 Å². The van der Waals surface area contributed by atoms with Gasteiger partial charge in [0.25, 0.3) is 0 Å². The molecule has 5 heteroatoms. The Morgan fingerprint density at radius 1 is 1.32 bits per heavy atom. The molecule has 0 radical (unpaired) electrons. The summed E-state index contributed by atoms with van der Waals surface area (Å²) in [5.41, 5.74) is 5.93. The van der Waals surface area contributed by atoms with Gasteiger partial charge in [-0.05, 0) is 31.4 Å². The lowest BCUT2D eigenvalue weighted by molar-refractivity contribution is -0.141. The summed E-state index contributed by atoms with van der Waals surface area (Å²) in [6.45, 7) is 0.0205. The fraction of sp³-hybridized carbons (Fsp3) is 0.429. The molecule has 102 valence electrons. The summed E-state index contributed by atoms with van der Waals surface area (Å²) < 4.78 is 0. The summed E-state index contributed by atoms with van der Waals surface area (Å²) in [4.78, 5) is 25.3. The number of hydrogen-bond donors (Lipinski definition) is 2. The third-order valence-electron chi connectivity index (χ3n) is 3.46. The molecule has 1 fully saturated rings. The molecule has 5 nitrogen and oxygen atoms in total. The molecule has 2 rings (SSSR count). The highest BCUT2D eigenvalue weighted by atomic mass is 16.2. The molecule has 2 amide bonds. The first-order chi connectivity index (χ1) is 9.01. The average Bonchev–Trinajstić information content (AvgIpc) is 2.36. The van der Waals surface area contributed by atoms with Crippen LogP contribution in [0.15, 0.2) is 30.3 Å². The van der Waals surface area contributed by atoms with E-state index in [0.29, 0.717) is 12.8 Å². The molecule has 0 saturated heterocycles. The second-order valence-electron chi connectivity index (χ2n) is 5.09. The first-order valence-electron chi connectivity index (χ1n) is 6.41. The minimum Gasteiger partial charge on any atom is -0.335 e. The van der Waals surface area contributed by atoms with Crippen molar-refractivity contribution in [1.82, 2.24) is 4.90 Å². The maximum Gasteiger partial charge on any atom is 0.243 e. The minimum atomic E-state index is -0.748. The van der Waals surface area contributed by atoms with Crippen LogP contribution in [0.4, 0.5) is 5.69 Å². The van der Waals surface area contributed by atoms with E-state index in [2.05, 4.69) is 5.32 Å². The van der Waals surface area contributed by atoms with Crippen LogP contribution in [0.25, 0.3) is 0 Å². The molecule has 0 heterocycles. The highest BCUT2D eigenvalue weighted by Gasteiger charge is 2.42. The van der Waals surface area contributed by atoms with Crippen molar-refractivity contribution in [2.45, 2.75) is 24.8 Å². The van der Waals surface area contributed by atoms with Crippen LogP contribution in [0.3, 0.4) is 0 Å². The summed E-state index contributed by atoms with van der Waals surface area (Å²) in [6, 6.07) is 9.16. The smallest absolute Gasteiger partial charge is 0.243 e. The lowest BCUT2D eigenvalue weighted by Crippen LogP contribution is -2.59. The van der Waals surface area contributed by atoms with Crippen LogP contribution in [0.2, 0.25) is 0 Å². The van der Waals surface area contributed by atoms with Gasteiger partial charge in [-0.1, -0.05) is 18.2 Å². The lowest BCUT2D eigenvalue weighted by atomic mass is 9.76. The number of carbonyl (C=O) groups excluding carboxylic acids is 2. The second kappa shape index (κ2) is 5.40. The van der Waals surface area contributed by atoms with Gasteiger partial charge in [0.15, 0.2) is 0 Å². The highest BCUT2D eigenvalue weighted by Crippen LogP contribution is 2.30. The molecule has 1 aliphatic rings. The zero-order valence-corrected chi connectivity index (χ0v) is 11.1. The van der Waals surface area contributed by atoms with Crippen LogP contribution < -0.4 is 11.1 Å². The van der Waals surface area contributed by atoms with E-state index < -0.39 is 5.54 Å². The standard InChI is InChI=1S/C14H19N3O2/c1-17(13(19)14(15)8-5-9-14)10-12(18)16-11-6-3-2-4-7-11/h2-4,6-7H,5,8-10,15H2,1H3,(H,16,18). The maximum absolute atomic E-state index is 12.1. The van der Waals surface area contributed by atoms with E-state index >= 15 is 0 Å². The van der Waals surface area contributed by atoms with Gasteiger partial charge >= 0.3 is 0 Å². The van der Waals surface area contributed by atoms with Crippen molar-refractivity contribution in [3.05, 3.63) is 30.3 Å². The fourth-order valence-electron chi connectivity index (χ4n) is 2.16. The second-order valence-corrected chi connectivity index (χ2v) is 5.09. The van der Waals surface area contributed by atoms with Gasteiger partial charge in [-0.3, -0.25) is 9.59 Å². The van der Waals surface area contributed by atoms with Crippen molar-refractivity contribution in [3.8, 4) is 0 Å². The van der Waals surface area contributed by atoms with E-state index in [1.807, 2.05) is 18.2 Å². The van der Waals surface area contributed by atoms with Crippen LogP contribution in [-0.4, -0.2) is 35.8 Å². The van der Waals surface area contributed by atoms with Crippen LogP contribution >= 0.6 is 0 Å². The molecule has 0 unspecified atom stereocenters. The fourth-order valence-corrected chi connectivity index (χ4v) is 2.16. The van der Waals surface area contributed by atoms with Crippen LogP contribution in [0.1, 0.15) is 19.3 Å². The minimum absolute atomic E-state index is 0.0205. The SMILES string of the molecule is CN(CC(=O)Nc1ccccc1)C(=O)C1(N)CCC1. The summed E-state index contributed by atoms with van der Waals surface area (Å²) in [5, 5.41) is 2.74. The van der Waals surface area contributed by atoms with Crippen molar-refractivity contribution in [1.29, 1.82) is 0 Å². The van der Waals surface area contributed by atoms with Gasteiger partial charge in [-0.25, -0.2) is 0 Å². The van der Waals surface area contributed by atoms with Gasteiger partial charge in [-0.15, -0.1) is 0 Å². The van der Waals surface area contributed by atoms with Gasteiger partial charge < -0.3 is 16.0 Å². The number of para-hydroxylation sites is 1. The van der Waals surface area contributed by atoms with Crippen molar-refractivity contribution in [2.24, 2.45) is 5.73 Å². The third-order valence-corrected chi connectivity index (χ3v) is 3.46. The number of nitrogens with zero attached hydrogens (tertiary/aromatic N) is 1. The van der Waals surface area contributed by atoms with Gasteiger partial charge in [0.05, 0.1) is 12.1 Å². The number of nitrogens with two attached hydrogens (primary N) is 1. The maximum atomic E-state index is 12.1. The van der Waals surface area contributed by atoms with Crippen LogP contribution in [0, 0.1) is 0 Å². The zero-order valence-electron chi connectivity index (χ0n) is 11.1. The van der Waals surface area contributed by atoms with E-state index in [1.165, 1.54) is 4.90 Å². The quantitative estimate of drug-likeness (QED) is 0.847. The Morgan fingerprint density at radius 2 is 1.95 bits per heavy atom. The first-order valence-corrected chi connectivity index (χ1v) is 6.41. The number of amides is 2. The Balaban J connectivity index is 1.87. The van der Waals surface area contributed by atoms with E-state index in [-0.39, 0.29) is 18.4 Å². The molecular weight excluding hydrogens is 242 g/mol. The number of rotatable bonds is 4. The van der Waals surface area contributed by atoms with Crippen LogP contribution in [0.5, 0.6) is 0 Å². The van der Waals surface area contributed by atoms with Gasteiger partial charge in [0, 0.05) is 12.7 Å². The Morgan fingerprint density at radius 3 is 2.47 bits per heavy atom. The van der Waals surface area contributed by atoms with E-state index in [1.54, 1.807) is 19.2 Å². The molecule has 19 heavy (non-hydrogen) atoms. The highest BCUT2D eigenvalue weighted by molar-refractivity contribution is 5.96. The zero-order chi connectivity index (χ0) is 13.9. The normalized spacial score (nSPS) is 16.3. The van der Waals surface area contributed by atoms with Gasteiger partial charge in [-0.2, -0.15) is 0 Å². The molecule has 3 N–H and O–H groups in total. The van der Waals surface area contributed by atoms with Crippen molar-refractivity contribution >= 4 is 17.5 Å². The van der Waals surface area contributed by atoms with Crippen molar-refractivity contribution in [3.63, 3.8) is 0 Å². The summed E-state index contributed by atoms with van der Waals surface area (Å²) >= 11 is 0. The topological polar surface area (TPSA) is 75.4 Å². The molecule has 1 aromatic carbocycles. The Bertz CT molecular complexity index is 469. The van der Waals surface area contributed by atoms with E-state index in [4.69, 9.17) is 5.73 Å². The van der Waals surface area contributed by atoms with Crippen molar-refractivity contribution in [2.75, 3.05) is 18.9 Å². The summed E-state index contributed by atoms with van der Waals surface area (Å²) in [7, 11) is 1.61. The third kappa shape index (κ3) is 3.12. The number of anilines is 1. The monoisotopic (exact) mass is 261 g/mol. The number of benzene rings is 1. The van der Waals surface area contributed by atoms with Gasteiger partial charge in [0.2, 0.25) is 11.8 Å². The molecular formula is C14H19N3O2. The van der Waals surface area contributed by atoms with Crippen molar-refractivity contribution < 1.29 is 9.59 Å². The number of likely N-dealkylation sites (N-methyl/N-ethyl adjacent to an activating group) is 1. The Kier molecular flexibility index (Phi) is 3.85. The predicted molar refractivity (Wildman–Crippen MR) is 73.5 cm³/mol. The molecule has 0 aromatic heterocycles. The molecule has 1 saturated carbocycles. The molecule has 0 atom stereocenters. The van der Waals surface area contributed by atoms with E-state index in [0.717, 1.165) is 12.1 Å².